The van der Waals surface area contributed by atoms with Gasteiger partial charge in [-0.2, -0.15) is 8.78 Å². The first-order valence-corrected chi connectivity index (χ1v) is 10.9. The van der Waals surface area contributed by atoms with E-state index in [1.807, 2.05) is 12.1 Å². The third-order valence-electron chi connectivity index (χ3n) is 5.94. The second kappa shape index (κ2) is 9.22. The van der Waals surface area contributed by atoms with Gasteiger partial charge in [0.2, 0.25) is 0 Å². The number of halogens is 2. The fourth-order valence-corrected chi connectivity index (χ4v) is 4.15. The van der Waals surface area contributed by atoms with Gasteiger partial charge in [0.25, 0.3) is 5.56 Å². The van der Waals surface area contributed by atoms with Crippen LogP contribution in [0.2, 0.25) is 0 Å². The molecule has 4 aromatic rings. The third-order valence-corrected chi connectivity index (χ3v) is 5.94. The number of ether oxygens (including phenoxy) is 2. The number of morpholine rings is 1. The Labute approximate surface area is 194 Å². The van der Waals surface area contributed by atoms with E-state index < -0.39 is 6.61 Å². The molecule has 176 valence electrons. The summed E-state index contributed by atoms with van der Waals surface area (Å²) < 4.78 is 39.0. The summed E-state index contributed by atoms with van der Waals surface area (Å²) in [7, 11) is 1.65. The quantitative estimate of drug-likeness (QED) is 0.433. The highest BCUT2D eigenvalue weighted by Gasteiger charge is 2.17. The van der Waals surface area contributed by atoms with E-state index >= 15 is 0 Å². The van der Waals surface area contributed by atoms with Crippen molar-refractivity contribution >= 4 is 16.7 Å². The molecule has 0 spiro atoms. The Morgan fingerprint density at radius 2 is 1.88 bits per heavy atom. The number of hydrogen-bond acceptors (Lipinski definition) is 6. The molecular formula is C24H23F2N5O3. The van der Waals surface area contributed by atoms with Crippen LogP contribution in [-0.4, -0.2) is 52.2 Å². The molecule has 0 bridgehead atoms. The van der Waals surface area contributed by atoms with E-state index in [-0.39, 0.29) is 17.9 Å². The summed E-state index contributed by atoms with van der Waals surface area (Å²) >= 11 is 0. The Balaban J connectivity index is 1.50. The maximum absolute atomic E-state index is 12.9. The van der Waals surface area contributed by atoms with Crippen molar-refractivity contribution in [2.45, 2.75) is 13.2 Å². The molecule has 3 heterocycles. The SMILES string of the molecule is Cn1c(=O)c2ccc(-c3cnc(N4CCOCC4)cn3)cc2n1Cc1ccccc1OC(F)F. The van der Waals surface area contributed by atoms with Crippen LogP contribution in [0.3, 0.4) is 0 Å². The summed E-state index contributed by atoms with van der Waals surface area (Å²) in [5.41, 5.74) is 2.49. The van der Waals surface area contributed by atoms with Gasteiger partial charge in [0.15, 0.2) is 0 Å². The van der Waals surface area contributed by atoms with Crippen molar-refractivity contribution in [3.05, 3.63) is 70.8 Å². The number of para-hydroxylation sites is 1. The lowest BCUT2D eigenvalue weighted by atomic mass is 10.1. The monoisotopic (exact) mass is 467 g/mol. The number of rotatable bonds is 6. The Morgan fingerprint density at radius 1 is 1.09 bits per heavy atom. The van der Waals surface area contributed by atoms with Crippen molar-refractivity contribution < 1.29 is 18.3 Å². The highest BCUT2D eigenvalue weighted by Crippen LogP contribution is 2.26. The van der Waals surface area contributed by atoms with Crippen LogP contribution in [0.25, 0.3) is 22.2 Å². The zero-order chi connectivity index (χ0) is 23.7. The average molecular weight is 467 g/mol. The van der Waals surface area contributed by atoms with Crippen molar-refractivity contribution in [2.24, 2.45) is 7.05 Å². The van der Waals surface area contributed by atoms with Gasteiger partial charge in [0.1, 0.15) is 11.6 Å². The van der Waals surface area contributed by atoms with Crippen LogP contribution in [0, 0.1) is 0 Å². The molecule has 34 heavy (non-hydrogen) atoms. The fraction of sp³-hybridized carbons (Fsp3) is 0.292. The lowest BCUT2D eigenvalue weighted by Gasteiger charge is -2.27. The van der Waals surface area contributed by atoms with Gasteiger partial charge in [-0.3, -0.25) is 19.1 Å². The lowest BCUT2D eigenvalue weighted by Crippen LogP contribution is -2.36. The Hall–Kier alpha value is -3.79. The molecule has 0 radical (unpaired) electrons. The van der Waals surface area contributed by atoms with Crippen molar-refractivity contribution in [1.29, 1.82) is 0 Å². The second-order valence-electron chi connectivity index (χ2n) is 7.96. The first-order valence-electron chi connectivity index (χ1n) is 10.9. The highest BCUT2D eigenvalue weighted by atomic mass is 19.3. The summed E-state index contributed by atoms with van der Waals surface area (Å²) in [4.78, 5) is 24.1. The van der Waals surface area contributed by atoms with Gasteiger partial charge in [-0.15, -0.1) is 0 Å². The van der Waals surface area contributed by atoms with E-state index in [2.05, 4.69) is 19.6 Å². The van der Waals surface area contributed by atoms with Gasteiger partial charge in [-0.1, -0.05) is 24.3 Å². The number of benzene rings is 2. The summed E-state index contributed by atoms with van der Waals surface area (Å²) in [6, 6.07) is 12.0. The van der Waals surface area contributed by atoms with Gasteiger partial charge in [0.05, 0.1) is 48.7 Å². The molecule has 1 fully saturated rings. The van der Waals surface area contributed by atoms with E-state index in [1.165, 1.54) is 10.7 Å². The highest BCUT2D eigenvalue weighted by molar-refractivity contribution is 5.84. The minimum Gasteiger partial charge on any atom is -0.434 e. The van der Waals surface area contributed by atoms with E-state index in [0.29, 0.717) is 35.4 Å². The molecule has 1 saturated heterocycles. The van der Waals surface area contributed by atoms with E-state index in [9.17, 15) is 13.6 Å². The summed E-state index contributed by atoms with van der Waals surface area (Å²) in [5.74, 6) is 0.868. The molecular weight excluding hydrogens is 444 g/mol. The summed E-state index contributed by atoms with van der Waals surface area (Å²) in [6.45, 7) is 0.120. The van der Waals surface area contributed by atoms with Crippen LogP contribution in [0.5, 0.6) is 5.75 Å². The maximum atomic E-state index is 12.9. The van der Waals surface area contributed by atoms with Crippen LogP contribution < -0.4 is 15.2 Å². The molecule has 0 amide bonds. The first kappa shape index (κ1) is 22.0. The van der Waals surface area contributed by atoms with Crippen LogP contribution in [0.15, 0.2) is 59.7 Å². The molecule has 5 rings (SSSR count). The topological polar surface area (TPSA) is 74.4 Å². The number of hydrogen-bond donors (Lipinski definition) is 0. The third kappa shape index (κ3) is 4.24. The number of fused-ring (bicyclic) bond motifs is 1. The van der Waals surface area contributed by atoms with Crippen LogP contribution in [0.1, 0.15) is 5.56 Å². The molecule has 0 atom stereocenters. The van der Waals surface area contributed by atoms with Gasteiger partial charge in [-0.25, -0.2) is 4.98 Å². The minimum absolute atomic E-state index is 0.0764. The summed E-state index contributed by atoms with van der Waals surface area (Å²) in [6.07, 6.45) is 3.45. The van der Waals surface area contributed by atoms with Crippen LogP contribution >= 0.6 is 0 Å². The maximum Gasteiger partial charge on any atom is 0.387 e. The zero-order valence-corrected chi connectivity index (χ0v) is 18.5. The van der Waals surface area contributed by atoms with E-state index in [1.54, 1.807) is 48.4 Å². The predicted octanol–water partition coefficient (Wildman–Crippen LogP) is 3.28. The molecule has 1 aliphatic heterocycles. The largest absolute Gasteiger partial charge is 0.434 e. The molecule has 10 heteroatoms. The van der Waals surface area contributed by atoms with Gasteiger partial charge in [0, 0.05) is 31.3 Å². The van der Waals surface area contributed by atoms with Crippen molar-refractivity contribution in [2.75, 3.05) is 31.2 Å². The summed E-state index contributed by atoms with van der Waals surface area (Å²) in [5, 5.41) is 0.524. The van der Waals surface area contributed by atoms with E-state index in [4.69, 9.17) is 4.74 Å². The molecule has 2 aromatic heterocycles. The Morgan fingerprint density at radius 3 is 2.62 bits per heavy atom. The molecule has 0 unspecified atom stereocenters. The normalized spacial score (nSPS) is 14.2. The standard InChI is InChI=1S/C24H23F2N5O3/c1-29-23(32)18-7-6-16(19-13-28-22(14-27-19)30-8-10-33-11-9-30)12-20(18)31(29)15-17-4-2-3-5-21(17)34-24(25)26/h2-7,12-14,24H,8-11,15H2,1H3. The number of aromatic nitrogens is 4. The van der Waals surface area contributed by atoms with Crippen LogP contribution in [-0.2, 0) is 18.3 Å². The van der Waals surface area contributed by atoms with Gasteiger partial charge < -0.3 is 14.4 Å². The number of anilines is 1. The van der Waals surface area contributed by atoms with Gasteiger partial charge in [-0.05, 0) is 18.2 Å². The molecule has 0 saturated carbocycles. The van der Waals surface area contributed by atoms with Crippen molar-refractivity contribution in [3.8, 4) is 17.0 Å². The lowest BCUT2D eigenvalue weighted by molar-refractivity contribution is -0.0505. The number of nitrogens with zero attached hydrogens (tertiary/aromatic N) is 5. The Bertz CT molecular complexity index is 1360. The second-order valence-corrected chi connectivity index (χ2v) is 7.96. The molecule has 2 aromatic carbocycles. The molecule has 0 aliphatic carbocycles. The van der Waals surface area contributed by atoms with Crippen LogP contribution in [0.4, 0.5) is 14.6 Å². The number of alkyl halides is 2. The zero-order valence-electron chi connectivity index (χ0n) is 18.5. The average Bonchev–Trinajstić information content (AvgIpc) is 3.10. The molecule has 1 aliphatic rings. The van der Waals surface area contributed by atoms with Gasteiger partial charge >= 0.3 is 6.61 Å². The smallest absolute Gasteiger partial charge is 0.387 e. The predicted molar refractivity (Wildman–Crippen MR) is 123 cm³/mol. The molecule has 8 nitrogen and oxygen atoms in total. The van der Waals surface area contributed by atoms with Crippen molar-refractivity contribution in [1.82, 2.24) is 19.3 Å². The van der Waals surface area contributed by atoms with E-state index in [0.717, 1.165) is 24.5 Å². The molecule has 0 N–H and O–H groups in total. The minimum atomic E-state index is -2.93. The first-order chi connectivity index (χ1) is 16.5. The fourth-order valence-electron chi connectivity index (χ4n) is 4.15. The van der Waals surface area contributed by atoms with Crippen molar-refractivity contribution in [3.63, 3.8) is 0 Å². The Kier molecular flexibility index (Phi) is 5.97.